The summed E-state index contributed by atoms with van der Waals surface area (Å²) in [6.45, 7) is 1.57. The third kappa shape index (κ3) is 3.79. The van der Waals surface area contributed by atoms with Crippen LogP contribution in [0.4, 0.5) is 5.82 Å². The first-order valence-electron chi connectivity index (χ1n) is 8.01. The zero-order valence-corrected chi connectivity index (χ0v) is 14.4. The third-order valence-corrected chi connectivity index (χ3v) is 4.28. The summed E-state index contributed by atoms with van der Waals surface area (Å²) in [6, 6.07) is 0.0345. The molecule has 0 saturated heterocycles. The average Bonchev–Trinajstić information content (AvgIpc) is 3.20. The molecule has 1 aliphatic rings. The monoisotopic (exact) mass is 349 g/mol. The van der Waals surface area contributed by atoms with Crippen LogP contribution in [0.5, 0.6) is 0 Å². The van der Waals surface area contributed by atoms with Gasteiger partial charge < -0.3 is 29.2 Å². The second-order valence-electron chi connectivity index (χ2n) is 5.84. The first-order chi connectivity index (χ1) is 12.3. The second-order valence-corrected chi connectivity index (χ2v) is 5.84. The lowest BCUT2D eigenvalue weighted by Crippen LogP contribution is -2.27. The zero-order chi connectivity index (χ0) is 17.6. The maximum absolute atomic E-state index is 5.89. The van der Waals surface area contributed by atoms with Crippen molar-refractivity contribution in [1.29, 1.82) is 0 Å². The van der Waals surface area contributed by atoms with Crippen LogP contribution in [-0.4, -0.2) is 60.5 Å². The molecule has 1 aliphatic carbocycles. The number of imidazole rings is 1. The highest BCUT2D eigenvalue weighted by molar-refractivity contribution is 5.81. The van der Waals surface area contributed by atoms with E-state index in [1.54, 1.807) is 20.5 Å². The van der Waals surface area contributed by atoms with E-state index in [9.17, 15) is 0 Å². The highest BCUT2D eigenvalue weighted by Crippen LogP contribution is 2.36. The van der Waals surface area contributed by atoms with Crippen LogP contribution in [0.3, 0.4) is 0 Å². The number of ether oxygens (including phenoxy) is 4. The van der Waals surface area contributed by atoms with Gasteiger partial charge in [-0.2, -0.15) is 0 Å². The number of nitrogen functional groups attached to an aromatic ring is 1. The molecule has 25 heavy (non-hydrogen) atoms. The van der Waals surface area contributed by atoms with Gasteiger partial charge >= 0.3 is 0 Å². The number of hydrogen-bond donors (Lipinski definition) is 1. The molecule has 0 saturated carbocycles. The second kappa shape index (κ2) is 8.34. The lowest BCUT2D eigenvalue weighted by Gasteiger charge is -2.26. The van der Waals surface area contributed by atoms with E-state index in [1.165, 1.54) is 6.33 Å². The number of allylic oxidation sites excluding steroid dienone is 1. The highest BCUT2D eigenvalue weighted by atomic mass is 16.7. The van der Waals surface area contributed by atoms with Crippen molar-refractivity contribution < 1.29 is 18.9 Å². The van der Waals surface area contributed by atoms with Crippen LogP contribution in [-0.2, 0) is 18.9 Å². The molecule has 9 nitrogen and oxygen atoms in total. The number of rotatable bonds is 9. The summed E-state index contributed by atoms with van der Waals surface area (Å²) in [5.74, 6) is 0.715. The van der Waals surface area contributed by atoms with Gasteiger partial charge in [-0.05, 0) is 0 Å². The molecule has 2 aromatic heterocycles. The molecular weight excluding hydrogens is 326 g/mol. The standard InChI is InChI=1S/C16H23N5O4/c1-22-9-24-5-11-3-4-13(12(11)6-25-10-23-2)21-8-20-14-15(17)18-7-19-16(14)21/h3-4,7-8,11-13H,5-6,9-10H2,1-2H3,(H2,17,18,19)/t11-,12-,13-/m1/s1. The molecule has 0 aliphatic heterocycles. The zero-order valence-electron chi connectivity index (χ0n) is 14.4. The smallest absolute Gasteiger partial charge is 0.165 e. The summed E-state index contributed by atoms with van der Waals surface area (Å²) >= 11 is 0. The molecule has 0 bridgehead atoms. The number of anilines is 1. The SMILES string of the molecule is COCOC[C@@H]1[C@@H](COCOC)C=C[C@H]1n1cnc2c(N)ncnc21. The molecule has 9 heteroatoms. The van der Waals surface area contributed by atoms with Crippen LogP contribution in [0.15, 0.2) is 24.8 Å². The van der Waals surface area contributed by atoms with Crippen molar-refractivity contribution in [3.8, 4) is 0 Å². The Bertz CT molecular complexity index is 720. The van der Waals surface area contributed by atoms with E-state index >= 15 is 0 Å². The molecule has 0 aromatic carbocycles. The maximum Gasteiger partial charge on any atom is 0.165 e. The molecule has 0 fully saturated rings. The van der Waals surface area contributed by atoms with Crippen molar-refractivity contribution >= 4 is 17.0 Å². The van der Waals surface area contributed by atoms with Gasteiger partial charge in [-0.15, -0.1) is 0 Å². The third-order valence-electron chi connectivity index (χ3n) is 4.28. The van der Waals surface area contributed by atoms with Gasteiger partial charge in [-0.1, -0.05) is 12.2 Å². The highest BCUT2D eigenvalue weighted by Gasteiger charge is 2.34. The molecular formula is C16H23N5O4. The van der Waals surface area contributed by atoms with Crippen LogP contribution in [0.25, 0.3) is 11.2 Å². The lowest BCUT2D eigenvalue weighted by molar-refractivity contribution is -0.0696. The van der Waals surface area contributed by atoms with E-state index in [0.717, 1.165) is 0 Å². The number of nitrogens with zero attached hydrogens (tertiary/aromatic N) is 4. The number of aromatic nitrogens is 4. The minimum atomic E-state index is 0.0345. The minimum Gasteiger partial charge on any atom is -0.382 e. The van der Waals surface area contributed by atoms with Crippen molar-refractivity contribution in [2.24, 2.45) is 11.8 Å². The Morgan fingerprint density at radius 3 is 2.56 bits per heavy atom. The summed E-state index contributed by atoms with van der Waals surface area (Å²) in [4.78, 5) is 12.7. The predicted octanol–water partition coefficient (Wildman–Crippen LogP) is 0.993. The predicted molar refractivity (Wildman–Crippen MR) is 90.5 cm³/mol. The van der Waals surface area contributed by atoms with E-state index in [-0.39, 0.29) is 31.5 Å². The Morgan fingerprint density at radius 2 is 1.80 bits per heavy atom. The van der Waals surface area contributed by atoms with E-state index in [2.05, 4.69) is 27.1 Å². The normalized spacial score (nSPS) is 22.9. The van der Waals surface area contributed by atoms with Gasteiger partial charge in [0, 0.05) is 26.1 Å². The van der Waals surface area contributed by atoms with Crippen LogP contribution in [0, 0.1) is 11.8 Å². The minimum absolute atomic E-state index is 0.0345. The first kappa shape index (κ1) is 17.7. The number of fused-ring (bicyclic) bond motifs is 1. The Hall–Kier alpha value is -2.07. The van der Waals surface area contributed by atoms with E-state index < -0.39 is 0 Å². The molecule has 3 rings (SSSR count). The van der Waals surface area contributed by atoms with Gasteiger partial charge in [0.1, 0.15) is 25.4 Å². The fraction of sp³-hybridized carbons (Fsp3) is 0.562. The van der Waals surface area contributed by atoms with Gasteiger partial charge in [-0.25, -0.2) is 15.0 Å². The van der Waals surface area contributed by atoms with Gasteiger partial charge in [0.25, 0.3) is 0 Å². The average molecular weight is 349 g/mol. The van der Waals surface area contributed by atoms with Gasteiger partial charge in [-0.3, -0.25) is 0 Å². The van der Waals surface area contributed by atoms with Gasteiger partial charge in [0.05, 0.1) is 25.6 Å². The Labute approximate surface area is 145 Å². The largest absolute Gasteiger partial charge is 0.382 e. The molecule has 136 valence electrons. The van der Waals surface area contributed by atoms with Crippen LogP contribution < -0.4 is 5.73 Å². The van der Waals surface area contributed by atoms with Crippen LogP contribution in [0.1, 0.15) is 6.04 Å². The van der Waals surface area contributed by atoms with Crippen molar-refractivity contribution in [2.75, 3.05) is 46.8 Å². The Balaban J connectivity index is 1.82. The summed E-state index contributed by atoms with van der Waals surface area (Å²) < 4.78 is 23.1. The topological polar surface area (TPSA) is 107 Å². The Morgan fingerprint density at radius 1 is 1.04 bits per heavy atom. The molecule has 0 unspecified atom stereocenters. The van der Waals surface area contributed by atoms with E-state index in [0.29, 0.717) is 30.2 Å². The number of nitrogens with two attached hydrogens (primary N) is 1. The van der Waals surface area contributed by atoms with Gasteiger partial charge in [0.15, 0.2) is 11.5 Å². The maximum atomic E-state index is 5.89. The molecule has 0 radical (unpaired) electrons. The number of methoxy groups -OCH3 is 2. The summed E-state index contributed by atoms with van der Waals surface area (Å²) in [5.41, 5.74) is 7.20. The fourth-order valence-corrected chi connectivity index (χ4v) is 3.12. The molecule has 0 amide bonds. The summed E-state index contributed by atoms with van der Waals surface area (Å²) in [5, 5.41) is 0. The van der Waals surface area contributed by atoms with Gasteiger partial charge in [0.2, 0.25) is 0 Å². The summed E-state index contributed by atoms with van der Waals surface area (Å²) in [7, 11) is 3.21. The lowest BCUT2D eigenvalue weighted by atomic mass is 9.93. The van der Waals surface area contributed by atoms with Crippen molar-refractivity contribution in [2.45, 2.75) is 6.04 Å². The molecule has 2 aromatic rings. The van der Waals surface area contributed by atoms with E-state index in [1.807, 2.05) is 4.57 Å². The number of hydrogen-bond acceptors (Lipinski definition) is 8. The Kier molecular flexibility index (Phi) is 5.92. The van der Waals surface area contributed by atoms with Crippen molar-refractivity contribution in [3.63, 3.8) is 0 Å². The van der Waals surface area contributed by atoms with Crippen LogP contribution >= 0.6 is 0 Å². The van der Waals surface area contributed by atoms with Crippen molar-refractivity contribution in [3.05, 3.63) is 24.8 Å². The quantitative estimate of drug-likeness (QED) is 0.406. The first-order valence-corrected chi connectivity index (χ1v) is 8.01. The van der Waals surface area contributed by atoms with Crippen molar-refractivity contribution in [1.82, 2.24) is 19.5 Å². The summed E-state index contributed by atoms with van der Waals surface area (Å²) in [6.07, 6.45) is 7.45. The van der Waals surface area contributed by atoms with E-state index in [4.69, 9.17) is 24.7 Å². The van der Waals surface area contributed by atoms with Crippen LogP contribution in [0.2, 0.25) is 0 Å². The molecule has 0 spiro atoms. The molecule has 3 atom stereocenters. The fourth-order valence-electron chi connectivity index (χ4n) is 3.12. The molecule has 2 N–H and O–H groups in total. The molecule has 2 heterocycles.